The number of rotatable bonds is 6. The van der Waals surface area contributed by atoms with Crippen LogP contribution in [-0.2, 0) is 0 Å². The number of aryl methyl sites for hydroxylation is 1. The molecule has 4 rings (SSSR count). The summed E-state index contributed by atoms with van der Waals surface area (Å²) >= 11 is 0. The first-order chi connectivity index (χ1) is 15.8. The van der Waals surface area contributed by atoms with Crippen LogP contribution in [0.3, 0.4) is 0 Å². The first-order valence-electron chi connectivity index (χ1n) is 10.1. The molecule has 4 aromatic rings. The minimum atomic E-state index is -0.471. The molecule has 1 amide bonds. The third kappa shape index (κ3) is 4.40. The Balaban J connectivity index is 1.52. The normalized spacial score (nSPS) is 11.4. The van der Waals surface area contributed by atoms with Crippen LogP contribution >= 0.6 is 0 Å². The van der Waals surface area contributed by atoms with Gasteiger partial charge < -0.3 is 0 Å². The molecule has 2 aromatic carbocycles. The second kappa shape index (κ2) is 8.87. The SMILES string of the molecule is C/C(=N\NC(=O)c1cc(-c2c(C)nn(-c3ccccc3)c2C)n[nH]1)c1ccc([N+](=O)[O-])cc1. The monoisotopic (exact) mass is 443 g/mol. The molecule has 2 N–H and O–H groups in total. The largest absolute Gasteiger partial charge is 0.289 e. The molecule has 2 aromatic heterocycles. The van der Waals surface area contributed by atoms with E-state index in [0.717, 1.165) is 22.6 Å². The lowest BCUT2D eigenvalue weighted by Crippen LogP contribution is -2.19. The van der Waals surface area contributed by atoms with Crippen molar-refractivity contribution in [2.24, 2.45) is 5.10 Å². The molecular weight excluding hydrogens is 422 g/mol. The molecule has 0 unspecified atom stereocenters. The maximum absolute atomic E-state index is 12.6. The van der Waals surface area contributed by atoms with Crippen LogP contribution in [0, 0.1) is 24.0 Å². The van der Waals surface area contributed by atoms with Crippen molar-refractivity contribution in [3.63, 3.8) is 0 Å². The van der Waals surface area contributed by atoms with Crippen LogP contribution in [-0.4, -0.2) is 36.5 Å². The summed E-state index contributed by atoms with van der Waals surface area (Å²) in [6.45, 7) is 5.55. The van der Waals surface area contributed by atoms with Crippen LogP contribution in [0.25, 0.3) is 16.9 Å². The van der Waals surface area contributed by atoms with E-state index in [1.807, 2.05) is 48.9 Å². The topological polar surface area (TPSA) is 131 Å². The number of hydrazone groups is 1. The number of aromatic amines is 1. The summed E-state index contributed by atoms with van der Waals surface area (Å²) in [6.07, 6.45) is 0. The minimum absolute atomic E-state index is 0.0123. The van der Waals surface area contributed by atoms with Crippen molar-refractivity contribution in [2.45, 2.75) is 20.8 Å². The van der Waals surface area contributed by atoms with Crippen molar-refractivity contribution < 1.29 is 9.72 Å². The number of benzene rings is 2. The summed E-state index contributed by atoms with van der Waals surface area (Å²) in [5.74, 6) is -0.458. The Bertz CT molecular complexity index is 1350. The van der Waals surface area contributed by atoms with E-state index in [0.29, 0.717) is 17.0 Å². The summed E-state index contributed by atoms with van der Waals surface area (Å²) in [5, 5.41) is 26.5. The molecule has 0 bridgehead atoms. The molecule has 0 atom stereocenters. The molecule has 0 aliphatic heterocycles. The van der Waals surface area contributed by atoms with Gasteiger partial charge in [-0.05, 0) is 56.7 Å². The first-order valence-corrected chi connectivity index (χ1v) is 10.1. The van der Waals surface area contributed by atoms with Crippen molar-refractivity contribution in [1.29, 1.82) is 0 Å². The van der Waals surface area contributed by atoms with Gasteiger partial charge in [0.2, 0.25) is 0 Å². The van der Waals surface area contributed by atoms with Gasteiger partial charge in [-0.3, -0.25) is 20.0 Å². The van der Waals surface area contributed by atoms with E-state index in [2.05, 4.69) is 25.8 Å². The summed E-state index contributed by atoms with van der Waals surface area (Å²) in [4.78, 5) is 22.9. The molecule has 33 heavy (non-hydrogen) atoms. The average molecular weight is 443 g/mol. The smallest absolute Gasteiger partial charge is 0.272 e. The number of hydrogen-bond donors (Lipinski definition) is 2. The van der Waals surface area contributed by atoms with Gasteiger partial charge in [-0.25, -0.2) is 10.1 Å². The Kier molecular flexibility index (Phi) is 5.81. The minimum Gasteiger partial charge on any atom is -0.272 e. The lowest BCUT2D eigenvalue weighted by atomic mass is 10.1. The van der Waals surface area contributed by atoms with Crippen molar-refractivity contribution in [1.82, 2.24) is 25.4 Å². The fourth-order valence-electron chi connectivity index (χ4n) is 3.48. The molecule has 0 aliphatic carbocycles. The average Bonchev–Trinajstić information content (AvgIpc) is 3.42. The zero-order chi connectivity index (χ0) is 23.5. The van der Waals surface area contributed by atoms with Crippen LogP contribution in [0.5, 0.6) is 0 Å². The molecule has 10 nitrogen and oxygen atoms in total. The number of hydrogen-bond acceptors (Lipinski definition) is 6. The molecule has 166 valence electrons. The number of nitro groups is 1. The first kappa shape index (κ1) is 21.6. The van der Waals surface area contributed by atoms with Gasteiger partial charge in [0, 0.05) is 17.7 Å². The van der Waals surface area contributed by atoms with Crippen LogP contribution in [0.15, 0.2) is 65.8 Å². The zero-order valence-electron chi connectivity index (χ0n) is 18.2. The molecule has 0 radical (unpaired) electrons. The Labute approximate surface area is 189 Å². The van der Waals surface area contributed by atoms with Crippen LogP contribution in [0.2, 0.25) is 0 Å². The van der Waals surface area contributed by atoms with Gasteiger partial charge in [0.25, 0.3) is 11.6 Å². The molecule has 10 heteroatoms. The highest BCUT2D eigenvalue weighted by Crippen LogP contribution is 2.27. The van der Waals surface area contributed by atoms with Crippen LogP contribution in [0.4, 0.5) is 5.69 Å². The van der Waals surface area contributed by atoms with Gasteiger partial charge >= 0.3 is 0 Å². The number of nitro benzene ring substituents is 1. The van der Waals surface area contributed by atoms with Gasteiger partial charge in [-0.2, -0.15) is 15.3 Å². The maximum atomic E-state index is 12.6. The number of nitrogens with one attached hydrogen (secondary N) is 2. The lowest BCUT2D eigenvalue weighted by molar-refractivity contribution is -0.384. The van der Waals surface area contributed by atoms with E-state index >= 15 is 0 Å². The van der Waals surface area contributed by atoms with Crippen molar-refractivity contribution in [3.05, 3.63) is 93.4 Å². The second-order valence-electron chi connectivity index (χ2n) is 7.40. The molecule has 2 heterocycles. The summed E-state index contributed by atoms with van der Waals surface area (Å²) in [7, 11) is 0. The van der Waals surface area contributed by atoms with Gasteiger partial charge in [0.05, 0.1) is 33.4 Å². The fourth-order valence-corrected chi connectivity index (χ4v) is 3.48. The van der Waals surface area contributed by atoms with Crippen molar-refractivity contribution in [2.75, 3.05) is 0 Å². The maximum Gasteiger partial charge on any atom is 0.289 e. The van der Waals surface area contributed by atoms with E-state index in [1.165, 1.54) is 12.1 Å². The second-order valence-corrected chi connectivity index (χ2v) is 7.40. The quantitative estimate of drug-likeness (QED) is 0.265. The number of H-pyrrole nitrogens is 1. The number of aromatic nitrogens is 4. The fraction of sp³-hybridized carbons (Fsp3) is 0.130. The Morgan fingerprint density at radius 1 is 1.12 bits per heavy atom. The van der Waals surface area contributed by atoms with Gasteiger partial charge in [-0.1, -0.05) is 18.2 Å². The number of carbonyl (C=O) groups excluding carboxylic acids is 1. The number of para-hydroxylation sites is 1. The van der Waals surface area contributed by atoms with Gasteiger partial charge in [0.15, 0.2) is 0 Å². The van der Waals surface area contributed by atoms with E-state index in [4.69, 9.17) is 0 Å². The van der Waals surface area contributed by atoms with Crippen molar-refractivity contribution in [3.8, 4) is 16.9 Å². The zero-order valence-corrected chi connectivity index (χ0v) is 18.2. The van der Waals surface area contributed by atoms with Gasteiger partial charge in [-0.15, -0.1) is 0 Å². The molecule has 0 aliphatic rings. The number of carbonyl (C=O) groups is 1. The standard InChI is InChI=1S/C23H21N7O3/c1-14(17-9-11-19(12-10-17)30(32)33)24-27-23(31)21-13-20(25-26-21)22-15(2)28-29(16(22)3)18-7-5-4-6-8-18/h4-13H,1-3H3,(H,25,26)(H,27,31)/b24-14+. The van der Waals surface area contributed by atoms with Crippen molar-refractivity contribution >= 4 is 17.3 Å². The number of nitrogens with zero attached hydrogens (tertiary/aromatic N) is 5. The Morgan fingerprint density at radius 2 is 1.82 bits per heavy atom. The lowest BCUT2D eigenvalue weighted by Gasteiger charge is -2.04. The Morgan fingerprint density at radius 3 is 2.48 bits per heavy atom. The Hall–Kier alpha value is -4.60. The molecule has 0 saturated heterocycles. The van der Waals surface area contributed by atoms with Crippen LogP contribution in [0.1, 0.15) is 34.4 Å². The van der Waals surface area contributed by atoms with E-state index in [9.17, 15) is 14.9 Å². The highest BCUT2D eigenvalue weighted by Gasteiger charge is 2.19. The molecule has 0 saturated carbocycles. The predicted molar refractivity (Wildman–Crippen MR) is 123 cm³/mol. The third-order valence-electron chi connectivity index (χ3n) is 5.19. The molecule has 0 spiro atoms. The number of amides is 1. The third-order valence-corrected chi connectivity index (χ3v) is 5.19. The highest BCUT2D eigenvalue weighted by atomic mass is 16.6. The van der Waals surface area contributed by atoms with E-state index in [-0.39, 0.29) is 11.4 Å². The highest BCUT2D eigenvalue weighted by molar-refractivity contribution is 6.00. The summed E-state index contributed by atoms with van der Waals surface area (Å²) in [6, 6.07) is 17.4. The predicted octanol–water partition coefficient (Wildman–Crippen LogP) is 3.94. The van der Waals surface area contributed by atoms with E-state index in [1.54, 1.807) is 25.1 Å². The summed E-state index contributed by atoms with van der Waals surface area (Å²) in [5.41, 5.74) is 7.97. The summed E-state index contributed by atoms with van der Waals surface area (Å²) < 4.78 is 1.84. The van der Waals surface area contributed by atoms with Crippen LogP contribution < -0.4 is 5.43 Å². The number of non-ortho nitro benzene ring substituents is 1. The van der Waals surface area contributed by atoms with Gasteiger partial charge in [0.1, 0.15) is 5.69 Å². The van der Waals surface area contributed by atoms with E-state index < -0.39 is 10.8 Å². The molecular formula is C23H21N7O3. The molecule has 0 fully saturated rings.